The first-order valence-corrected chi connectivity index (χ1v) is 8.35. The van der Waals surface area contributed by atoms with E-state index in [9.17, 15) is 4.79 Å². The van der Waals surface area contributed by atoms with Gasteiger partial charge in [-0.25, -0.2) is 4.79 Å². The highest BCUT2D eigenvalue weighted by molar-refractivity contribution is 5.67. The summed E-state index contributed by atoms with van der Waals surface area (Å²) in [7, 11) is 1.81. The van der Waals surface area contributed by atoms with Crippen LogP contribution in [0.1, 0.15) is 60.3 Å². The molecule has 0 saturated heterocycles. The number of rotatable bonds is 5. The Bertz CT molecular complexity index is 317. The maximum atomic E-state index is 11.9. The van der Waals surface area contributed by atoms with Crippen molar-refractivity contribution in [2.24, 2.45) is 11.8 Å². The van der Waals surface area contributed by atoms with Gasteiger partial charge in [0, 0.05) is 19.6 Å². The summed E-state index contributed by atoms with van der Waals surface area (Å²) in [4.78, 5) is 13.6. The molecule has 124 valence electrons. The van der Waals surface area contributed by atoms with Crippen LogP contribution in [0.5, 0.6) is 0 Å². The van der Waals surface area contributed by atoms with E-state index in [1.807, 2.05) is 27.8 Å². The van der Waals surface area contributed by atoms with E-state index in [0.29, 0.717) is 12.0 Å². The van der Waals surface area contributed by atoms with Crippen molar-refractivity contribution < 1.29 is 9.53 Å². The van der Waals surface area contributed by atoms with Crippen molar-refractivity contribution in [3.63, 3.8) is 0 Å². The van der Waals surface area contributed by atoms with Gasteiger partial charge in [0.15, 0.2) is 0 Å². The minimum absolute atomic E-state index is 0.235. The molecule has 0 radical (unpaired) electrons. The molecule has 1 aliphatic carbocycles. The Labute approximate surface area is 130 Å². The second kappa shape index (κ2) is 8.02. The van der Waals surface area contributed by atoms with Crippen molar-refractivity contribution in [3.05, 3.63) is 0 Å². The highest BCUT2D eigenvalue weighted by Crippen LogP contribution is 2.23. The average Bonchev–Trinajstić information content (AvgIpc) is 2.36. The Morgan fingerprint density at radius 2 is 1.86 bits per heavy atom. The van der Waals surface area contributed by atoms with Crippen LogP contribution in [0, 0.1) is 11.8 Å². The van der Waals surface area contributed by atoms with Crippen LogP contribution in [0.3, 0.4) is 0 Å². The molecular formula is C17H34N2O2. The molecule has 4 nitrogen and oxygen atoms in total. The first-order valence-electron chi connectivity index (χ1n) is 8.35. The molecule has 4 heteroatoms. The van der Waals surface area contributed by atoms with Crippen LogP contribution in [-0.4, -0.2) is 42.8 Å². The number of amides is 1. The molecule has 0 heterocycles. The maximum Gasteiger partial charge on any atom is 0.410 e. The molecule has 0 aromatic carbocycles. The van der Waals surface area contributed by atoms with Crippen LogP contribution >= 0.6 is 0 Å². The summed E-state index contributed by atoms with van der Waals surface area (Å²) in [5, 5.41) is 3.66. The fraction of sp³-hybridized carbons (Fsp3) is 0.941. The van der Waals surface area contributed by atoms with E-state index < -0.39 is 5.60 Å². The van der Waals surface area contributed by atoms with Gasteiger partial charge in [-0.3, -0.25) is 0 Å². The molecule has 1 saturated carbocycles. The zero-order chi connectivity index (χ0) is 16.0. The summed E-state index contributed by atoms with van der Waals surface area (Å²) < 4.78 is 5.37. The largest absolute Gasteiger partial charge is 0.444 e. The SMILES string of the molecule is CC1CCC(NCC(C)CN(C)C(=O)OC(C)(C)C)CC1. The van der Waals surface area contributed by atoms with Gasteiger partial charge in [-0.1, -0.05) is 13.8 Å². The Morgan fingerprint density at radius 1 is 1.29 bits per heavy atom. The van der Waals surface area contributed by atoms with Crippen molar-refractivity contribution >= 4 is 6.09 Å². The predicted octanol–water partition coefficient (Wildman–Crippen LogP) is 3.66. The molecule has 1 fully saturated rings. The summed E-state index contributed by atoms with van der Waals surface area (Å²) in [6.45, 7) is 11.9. The molecule has 1 atom stereocenters. The lowest BCUT2D eigenvalue weighted by Crippen LogP contribution is -2.41. The fourth-order valence-electron chi connectivity index (χ4n) is 2.78. The van der Waals surface area contributed by atoms with E-state index in [2.05, 4.69) is 19.2 Å². The zero-order valence-electron chi connectivity index (χ0n) is 14.7. The number of hydrogen-bond acceptors (Lipinski definition) is 3. The quantitative estimate of drug-likeness (QED) is 0.842. The van der Waals surface area contributed by atoms with E-state index in [4.69, 9.17) is 4.74 Å². The smallest absolute Gasteiger partial charge is 0.410 e. The first-order chi connectivity index (χ1) is 9.67. The monoisotopic (exact) mass is 298 g/mol. The lowest BCUT2D eigenvalue weighted by atomic mass is 9.87. The van der Waals surface area contributed by atoms with E-state index in [-0.39, 0.29) is 6.09 Å². The van der Waals surface area contributed by atoms with Crippen LogP contribution < -0.4 is 5.32 Å². The van der Waals surface area contributed by atoms with Gasteiger partial charge >= 0.3 is 6.09 Å². The number of hydrogen-bond donors (Lipinski definition) is 1. The third-order valence-electron chi connectivity index (χ3n) is 4.06. The van der Waals surface area contributed by atoms with Crippen LogP contribution in [0.4, 0.5) is 4.79 Å². The van der Waals surface area contributed by atoms with E-state index in [1.54, 1.807) is 4.90 Å². The van der Waals surface area contributed by atoms with Crippen molar-refractivity contribution in [2.75, 3.05) is 20.1 Å². The Morgan fingerprint density at radius 3 is 2.38 bits per heavy atom. The number of nitrogens with one attached hydrogen (secondary N) is 1. The van der Waals surface area contributed by atoms with Gasteiger partial charge in [-0.2, -0.15) is 0 Å². The van der Waals surface area contributed by atoms with Gasteiger partial charge in [0.1, 0.15) is 5.60 Å². The van der Waals surface area contributed by atoms with Gasteiger partial charge in [-0.15, -0.1) is 0 Å². The number of carbonyl (C=O) groups excluding carboxylic acids is 1. The van der Waals surface area contributed by atoms with Crippen LogP contribution in [0.25, 0.3) is 0 Å². The molecule has 0 aliphatic heterocycles. The predicted molar refractivity (Wildman–Crippen MR) is 87.5 cm³/mol. The summed E-state index contributed by atoms with van der Waals surface area (Å²) in [6.07, 6.45) is 5.01. The minimum Gasteiger partial charge on any atom is -0.444 e. The Hall–Kier alpha value is -0.770. The molecule has 1 amide bonds. The van der Waals surface area contributed by atoms with Crippen LogP contribution in [-0.2, 0) is 4.74 Å². The lowest BCUT2D eigenvalue weighted by molar-refractivity contribution is 0.0276. The highest BCUT2D eigenvalue weighted by atomic mass is 16.6. The lowest BCUT2D eigenvalue weighted by Gasteiger charge is -2.29. The molecule has 0 aromatic heterocycles. The molecule has 1 unspecified atom stereocenters. The standard InChI is InChI=1S/C17H34N2O2/c1-13-7-9-15(10-8-13)18-11-14(2)12-19(6)16(20)21-17(3,4)5/h13-15,18H,7-12H2,1-6H3. The molecule has 1 aliphatic rings. The third kappa shape index (κ3) is 7.70. The van der Waals surface area contributed by atoms with Crippen molar-refractivity contribution in [2.45, 2.75) is 71.9 Å². The van der Waals surface area contributed by atoms with Gasteiger partial charge in [0.2, 0.25) is 0 Å². The molecular weight excluding hydrogens is 264 g/mol. The normalized spacial score (nSPS) is 24.5. The summed E-state index contributed by atoms with van der Waals surface area (Å²) in [5.41, 5.74) is -0.425. The third-order valence-corrected chi connectivity index (χ3v) is 4.06. The summed E-state index contributed by atoms with van der Waals surface area (Å²) >= 11 is 0. The zero-order valence-corrected chi connectivity index (χ0v) is 14.7. The molecule has 0 aromatic rings. The number of carbonyl (C=O) groups is 1. The highest BCUT2D eigenvalue weighted by Gasteiger charge is 2.22. The fourth-order valence-corrected chi connectivity index (χ4v) is 2.78. The topological polar surface area (TPSA) is 41.6 Å². The van der Waals surface area contributed by atoms with Crippen LogP contribution in [0.2, 0.25) is 0 Å². The van der Waals surface area contributed by atoms with E-state index in [0.717, 1.165) is 19.0 Å². The molecule has 1 N–H and O–H groups in total. The van der Waals surface area contributed by atoms with Gasteiger partial charge in [0.25, 0.3) is 0 Å². The second-order valence-corrected chi connectivity index (χ2v) is 7.83. The van der Waals surface area contributed by atoms with Crippen LogP contribution in [0.15, 0.2) is 0 Å². The summed E-state index contributed by atoms with van der Waals surface area (Å²) in [6, 6.07) is 0.662. The maximum absolute atomic E-state index is 11.9. The summed E-state index contributed by atoms with van der Waals surface area (Å²) in [5.74, 6) is 1.32. The van der Waals surface area contributed by atoms with E-state index >= 15 is 0 Å². The van der Waals surface area contributed by atoms with E-state index in [1.165, 1.54) is 25.7 Å². The first kappa shape index (κ1) is 18.3. The molecule has 0 spiro atoms. The molecule has 1 rings (SSSR count). The van der Waals surface area contributed by atoms with Crippen molar-refractivity contribution in [3.8, 4) is 0 Å². The van der Waals surface area contributed by atoms with Gasteiger partial charge < -0.3 is 15.0 Å². The molecule has 0 bridgehead atoms. The molecule has 21 heavy (non-hydrogen) atoms. The van der Waals surface area contributed by atoms with Gasteiger partial charge in [0.05, 0.1) is 0 Å². The Kier molecular flexibility index (Phi) is 6.98. The minimum atomic E-state index is -0.425. The average molecular weight is 298 g/mol. The van der Waals surface area contributed by atoms with Crippen molar-refractivity contribution in [1.29, 1.82) is 0 Å². The number of nitrogens with zero attached hydrogens (tertiary/aromatic N) is 1. The number of ether oxygens (including phenoxy) is 1. The second-order valence-electron chi connectivity index (χ2n) is 7.83. The van der Waals surface area contributed by atoms with Crippen molar-refractivity contribution in [1.82, 2.24) is 10.2 Å². The Balaban J connectivity index is 2.23. The van der Waals surface area contributed by atoms with Gasteiger partial charge in [-0.05, 0) is 64.8 Å².